The van der Waals surface area contributed by atoms with Crippen molar-refractivity contribution < 1.29 is 14.3 Å². The zero-order valence-corrected chi connectivity index (χ0v) is 14.5. The Morgan fingerprint density at radius 1 is 1.26 bits per heavy atom. The average Bonchev–Trinajstić information content (AvgIpc) is 2.54. The molecule has 0 amide bonds. The highest BCUT2D eigenvalue weighted by molar-refractivity contribution is 5.85. The van der Waals surface area contributed by atoms with E-state index in [0.717, 1.165) is 31.6 Å². The lowest BCUT2D eigenvalue weighted by Crippen LogP contribution is -2.73. The van der Waals surface area contributed by atoms with Crippen molar-refractivity contribution in [3.05, 3.63) is 29.3 Å². The van der Waals surface area contributed by atoms with Crippen LogP contribution in [-0.2, 0) is 21.4 Å². The summed E-state index contributed by atoms with van der Waals surface area (Å²) >= 11 is 0. The third kappa shape index (κ3) is 2.08. The van der Waals surface area contributed by atoms with Gasteiger partial charge in [0.25, 0.3) is 0 Å². The normalized spacial score (nSPS) is 34.9. The van der Waals surface area contributed by atoms with Gasteiger partial charge in [0.15, 0.2) is 0 Å². The maximum Gasteiger partial charge on any atom is 0.134 e. The van der Waals surface area contributed by atoms with Gasteiger partial charge in [-0.2, -0.15) is 0 Å². The lowest BCUT2D eigenvalue weighted by molar-refractivity contribution is -0.161. The summed E-state index contributed by atoms with van der Waals surface area (Å²) in [7, 11) is 3.51. The Hall–Kier alpha value is -1.10. The molecule has 2 bridgehead atoms. The summed E-state index contributed by atoms with van der Waals surface area (Å²) < 4.78 is 11.6. The highest BCUT2D eigenvalue weighted by Crippen LogP contribution is 2.57. The van der Waals surface area contributed by atoms with Gasteiger partial charge in [-0.3, -0.25) is 4.79 Å². The summed E-state index contributed by atoms with van der Waals surface area (Å²) in [6.45, 7) is 0.944. The fourth-order valence-electron chi connectivity index (χ4n) is 5.23. The van der Waals surface area contributed by atoms with E-state index in [2.05, 4.69) is 17.4 Å². The Kier molecular flexibility index (Phi) is 4.20. The molecule has 2 aliphatic carbocycles. The molecule has 0 aromatic heterocycles. The van der Waals surface area contributed by atoms with Crippen LogP contribution in [0.5, 0.6) is 5.75 Å². The van der Waals surface area contributed by atoms with Gasteiger partial charge < -0.3 is 14.8 Å². The van der Waals surface area contributed by atoms with Crippen molar-refractivity contribution in [1.29, 1.82) is 0 Å². The molecular weight excluding hydrogens is 314 g/mol. The number of Topliss-reactive ketones (excluding diaryl/α,β-unsaturated/α-hetero) is 1. The molecule has 3 atom stereocenters. The van der Waals surface area contributed by atoms with Crippen LogP contribution >= 0.6 is 12.4 Å². The molecule has 4 rings (SSSR count). The maximum absolute atomic E-state index is 12.3. The van der Waals surface area contributed by atoms with Crippen LogP contribution in [0.2, 0.25) is 0 Å². The molecule has 23 heavy (non-hydrogen) atoms. The first-order valence-electron chi connectivity index (χ1n) is 8.13. The molecule has 0 radical (unpaired) electrons. The van der Waals surface area contributed by atoms with Crippen LogP contribution in [0.25, 0.3) is 0 Å². The van der Waals surface area contributed by atoms with E-state index in [-0.39, 0.29) is 23.4 Å². The van der Waals surface area contributed by atoms with E-state index in [4.69, 9.17) is 9.47 Å². The van der Waals surface area contributed by atoms with Crippen molar-refractivity contribution in [2.75, 3.05) is 20.8 Å². The van der Waals surface area contributed by atoms with Crippen LogP contribution in [0, 0.1) is 0 Å². The van der Waals surface area contributed by atoms with Gasteiger partial charge in [0.2, 0.25) is 0 Å². The van der Waals surface area contributed by atoms with E-state index in [1.54, 1.807) is 7.11 Å². The standard InChI is InChI=1S/C18H23NO3.ClH/c1-21-14-4-3-12-9-16-18(22-2)6-5-13(20)11-17(18,7-8-19-16)15(12)10-14;/h3-4,10,16,19H,5-9,11H2,1-2H3;1H/t16-,17-,18-;/m1./s1. The quantitative estimate of drug-likeness (QED) is 0.900. The van der Waals surface area contributed by atoms with E-state index in [1.807, 2.05) is 13.2 Å². The van der Waals surface area contributed by atoms with Crippen molar-refractivity contribution in [3.8, 4) is 5.75 Å². The Bertz CT molecular complexity index is 635. The highest BCUT2D eigenvalue weighted by Gasteiger charge is 2.64. The lowest BCUT2D eigenvalue weighted by Gasteiger charge is -2.62. The third-order valence-electron chi connectivity index (χ3n) is 6.21. The first-order chi connectivity index (χ1) is 10.6. The molecule has 5 heteroatoms. The first kappa shape index (κ1) is 16.7. The molecule has 1 aromatic carbocycles. The molecule has 4 nitrogen and oxygen atoms in total. The molecule has 1 saturated carbocycles. The summed E-state index contributed by atoms with van der Waals surface area (Å²) in [4.78, 5) is 12.3. The molecule has 1 aliphatic heterocycles. The smallest absolute Gasteiger partial charge is 0.134 e. The number of rotatable bonds is 2. The monoisotopic (exact) mass is 337 g/mol. The van der Waals surface area contributed by atoms with Gasteiger partial charge in [-0.15, -0.1) is 12.4 Å². The number of ketones is 1. The van der Waals surface area contributed by atoms with Gasteiger partial charge in [0.1, 0.15) is 11.5 Å². The minimum Gasteiger partial charge on any atom is -0.497 e. The van der Waals surface area contributed by atoms with Crippen molar-refractivity contribution in [2.24, 2.45) is 0 Å². The number of halogens is 1. The van der Waals surface area contributed by atoms with Gasteiger partial charge in [-0.05, 0) is 49.1 Å². The van der Waals surface area contributed by atoms with E-state index >= 15 is 0 Å². The number of fused-ring (bicyclic) bond motifs is 1. The minimum absolute atomic E-state index is 0. The van der Waals surface area contributed by atoms with E-state index in [1.165, 1.54) is 11.1 Å². The summed E-state index contributed by atoms with van der Waals surface area (Å²) in [6, 6.07) is 6.62. The predicted molar refractivity (Wildman–Crippen MR) is 90.6 cm³/mol. The molecule has 3 aliphatic rings. The van der Waals surface area contributed by atoms with Crippen molar-refractivity contribution in [2.45, 2.75) is 49.2 Å². The number of benzene rings is 1. The largest absolute Gasteiger partial charge is 0.497 e. The summed E-state index contributed by atoms with van der Waals surface area (Å²) in [6.07, 6.45) is 3.95. The number of ether oxygens (including phenoxy) is 2. The number of hydrogen-bond donors (Lipinski definition) is 1. The van der Waals surface area contributed by atoms with Crippen LogP contribution in [-0.4, -0.2) is 38.2 Å². The second kappa shape index (κ2) is 5.76. The number of methoxy groups -OCH3 is 2. The van der Waals surface area contributed by atoms with Crippen LogP contribution in [0.3, 0.4) is 0 Å². The van der Waals surface area contributed by atoms with Gasteiger partial charge in [0.05, 0.1) is 12.7 Å². The predicted octanol–water partition coefficient (Wildman–Crippen LogP) is 2.41. The second-order valence-electron chi connectivity index (χ2n) is 6.88. The third-order valence-corrected chi connectivity index (χ3v) is 6.21. The summed E-state index contributed by atoms with van der Waals surface area (Å²) in [5, 5.41) is 3.65. The molecule has 1 aromatic rings. The molecule has 126 valence electrons. The van der Waals surface area contributed by atoms with Gasteiger partial charge in [-0.25, -0.2) is 0 Å². The molecule has 0 unspecified atom stereocenters. The number of hydrogen-bond acceptors (Lipinski definition) is 4. The second-order valence-corrected chi connectivity index (χ2v) is 6.88. The van der Waals surface area contributed by atoms with Crippen LogP contribution < -0.4 is 10.1 Å². The SMILES string of the molecule is COc1ccc2c(c1)[C@]13CCN[C@H](C2)[C@]1(OC)CCC(=O)C3.Cl. The van der Waals surface area contributed by atoms with Crippen LogP contribution in [0.4, 0.5) is 0 Å². The lowest BCUT2D eigenvalue weighted by atomic mass is 9.49. The Labute approximate surface area is 143 Å². The van der Waals surface area contributed by atoms with Gasteiger partial charge in [0, 0.05) is 31.4 Å². The minimum atomic E-state index is -0.265. The Morgan fingerprint density at radius 2 is 2.09 bits per heavy atom. The molecule has 1 N–H and O–H groups in total. The zero-order valence-electron chi connectivity index (χ0n) is 13.7. The number of nitrogens with one attached hydrogen (secondary N) is 1. The molecule has 1 heterocycles. The number of carbonyl (C=O) groups excluding carboxylic acids is 1. The van der Waals surface area contributed by atoms with E-state index in [0.29, 0.717) is 24.7 Å². The number of piperidine rings is 1. The topological polar surface area (TPSA) is 47.6 Å². The average molecular weight is 338 g/mol. The Morgan fingerprint density at radius 3 is 2.83 bits per heavy atom. The van der Waals surface area contributed by atoms with E-state index in [9.17, 15) is 4.79 Å². The van der Waals surface area contributed by atoms with Gasteiger partial charge in [-0.1, -0.05) is 6.07 Å². The van der Waals surface area contributed by atoms with Crippen molar-refractivity contribution >= 4 is 18.2 Å². The first-order valence-corrected chi connectivity index (χ1v) is 8.13. The van der Waals surface area contributed by atoms with Crippen LogP contribution in [0.1, 0.15) is 36.8 Å². The fraction of sp³-hybridized carbons (Fsp3) is 0.611. The highest BCUT2D eigenvalue weighted by atomic mass is 35.5. The number of carbonyl (C=O) groups is 1. The molecular formula is C18H24ClNO3. The molecule has 0 spiro atoms. The van der Waals surface area contributed by atoms with Gasteiger partial charge >= 0.3 is 0 Å². The van der Waals surface area contributed by atoms with Crippen molar-refractivity contribution in [3.63, 3.8) is 0 Å². The zero-order chi connectivity index (χ0) is 15.4. The Balaban J connectivity index is 0.00000156. The maximum atomic E-state index is 12.3. The summed E-state index contributed by atoms with van der Waals surface area (Å²) in [5.41, 5.74) is 2.15. The molecule has 2 fully saturated rings. The van der Waals surface area contributed by atoms with Crippen molar-refractivity contribution in [1.82, 2.24) is 5.32 Å². The molecule has 1 saturated heterocycles. The summed E-state index contributed by atoms with van der Waals surface area (Å²) in [5.74, 6) is 1.23. The van der Waals surface area contributed by atoms with Crippen LogP contribution in [0.15, 0.2) is 18.2 Å². The fourth-order valence-corrected chi connectivity index (χ4v) is 5.23. The van der Waals surface area contributed by atoms with E-state index < -0.39 is 0 Å².